The summed E-state index contributed by atoms with van der Waals surface area (Å²) in [7, 11) is 0. The lowest BCUT2D eigenvalue weighted by atomic mass is 10.0. The molecule has 2 aromatic rings. The molecule has 0 unspecified atom stereocenters. The van der Waals surface area contributed by atoms with Crippen LogP contribution >= 0.6 is 0 Å². The van der Waals surface area contributed by atoms with E-state index in [1.54, 1.807) is 0 Å². The van der Waals surface area contributed by atoms with E-state index in [0.717, 1.165) is 11.1 Å². The van der Waals surface area contributed by atoms with Gasteiger partial charge in [0.25, 0.3) is 0 Å². The van der Waals surface area contributed by atoms with E-state index < -0.39 is 11.9 Å². The van der Waals surface area contributed by atoms with Crippen LogP contribution in [0.4, 0.5) is 0 Å². The topological polar surface area (TPSA) is 137 Å². The molecular weight excluding hydrogens is 310 g/mol. The molecule has 5 N–H and O–H groups in total. The molecule has 128 valence electrons. The zero-order valence-corrected chi connectivity index (χ0v) is 13.5. The summed E-state index contributed by atoms with van der Waals surface area (Å²) in [4.78, 5) is 22.3. The Bertz CT molecular complexity index is 696. The molecule has 0 bridgehead atoms. The Morgan fingerprint density at radius 2 is 1.88 bits per heavy atom. The minimum atomic E-state index is -0.554. The van der Waals surface area contributed by atoms with Crippen molar-refractivity contribution in [2.75, 3.05) is 0 Å². The zero-order valence-electron chi connectivity index (χ0n) is 13.5. The smallest absolute Gasteiger partial charge is 0.238 e. The molecule has 1 atom stereocenters. The second kappa shape index (κ2) is 8.21. The molecule has 0 aliphatic rings. The molecule has 0 saturated carbocycles. The van der Waals surface area contributed by atoms with Crippen molar-refractivity contribution in [2.24, 2.45) is 11.5 Å². The van der Waals surface area contributed by atoms with Crippen molar-refractivity contribution in [2.45, 2.75) is 38.8 Å². The summed E-state index contributed by atoms with van der Waals surface area (Å²) in [6.45, 7) is 1.92. The van der Waals surface area contributed by atoms with Crippen LogP contribution in [0, 0.1) is 0 Å². The van der Waals surface area contributed by atoms with Gasteiger partial charge in [-0.2, -0.15) is 0 Å². The third kappa shape index (κ3) is 5.17. The lowest BCUT2D eigenvalue weighted by Gasteiger charge is -2.14. The van der Waals surface area contributed by atoms with Crippen molar-refractivity contribution in [3.8, 4) is 0 Å². The van der Waals surface area contributed by atoms with E-state index in [9.17, 15) is 9.59 Å². The first-order valence-electron chi connectivity index (χ1n) is 7.63. The molecular formula is C16H21N5O3. The largest absolute Gasteiger partial charge is 0.422 e. The third-order valence-electron chi connectivity index (χ3n) is 3.46. The molecule has 1 aromatic heterocycles. The summed E-state index contributed by atoms with van der Waals surface area (Å²) in [6.07, 6.45) is 1.17. The maximum absolute atomic E-state index is 11.4. The van der Waals surface area contributed by atoms with Gasteiger partial charge in [0, 0.05) is 13.5 Å². The highest BCUT2D eigenvalue weighted by atomic mass is 16.4. The SMILES string of the molecule is CC(=O)N[C@@H](CCc1ccc(CN)cc1)c1nnc(CC(N)=O)o1. The van der Waals surface area contributed by atoms with Crippen LogP contribution in [0.5, 0.6) is 0 Å². The van der Waals surface area contributed by atoms with Crippen molar-refractivity contribution in [1.29, 1.82) is 0 Å². The fourth-order valence-electron chi connectivity index (χ4n) is 2.28. The van der Waals surface area contributed by atoms with Crippen molar-refractivity contribution in [3.63, 3.8) is 0 Å². The van der Waals surface area contributed by atoms with Gasteiger partial charge in [0.15, 0.2) is 0 Å². The van der Waals surface area contributed by atoms with Crippen LogP contribution in [-0.4, -0.2) is 22.0 Å². The Morgan fingerprint density at radius 1 is 1.21 bits per heavy atom. The van der Waals surface area contributed by atoms with Gasteiger partial charge in [-0.1, -0.05) is 24.3 Å². The first-order valence-corrected chi connectivity index (χ1v) is 7.63. The van der Waals surface area contributed by atoms with Crippen LogP contribution in [0.3, 0.4) is 0 Å². The zero-order chi connectivity index (χ0) is 17.5. The Balaban J connectivity index is 2.05. The summed E-state index contributed by atoms with van der Waals surface area (Å²) in [5.41, 5.74) is 12.9. The van der Waals surface area contributed by atoms with Gasteiger partial charge >= 0.3 is 0 Å². The van der Waals surface area contributed by atoms with Gasteiger partial charge in [0.2, 0.25) is 23.6 Å². The number of aryl methyl sites for hydroxylation is 1. The van der Waals surface area contributed by atoms with Crippen molar-refractivity contribution < 1.29 is 14.0 Å². The summed E-state index contributed by atoms with van der Waals surface area (Å²) in [5.74, 6) is -0.352. The van der Waals surface area contributed by atoms with E-state index in [4.69, 9.17) is 15.9 Å². The highest BCUT2D eigenvalue weighted by Crippen LogP contribution is 2.19. The lowest BCUT2D eigenvalue weighted by Crippen LogP contribution is -2.26. The predicted octanol–water partition coefficient (Wildman–Crippen LogP) is 0.366. The number of rotatable bonds is 8. The maximum atomic E-state index is 11.4. The molecule has 2 amide bonds. The van der Waals surface area contributed by atoms with E-state index in [0.29, 0.717) is 19.4 Å². The van der Waals surface area contributed by atoms with Gasteiger partial charge in [0.1, 0.15) is 12.5 Å². The highest BCUT2D eigenvalue weighted by molar-refractivity contribution is 5.75. The maximum Gasteiger partial charge on any atom is 0.238 e. The second-order valence-electron chi connectivity index (χ2n) is 5.49. The summed E-state index contributed by atoms with van der Waals surface area (Å²) < 4.78 is 5.43. The predicted molar refractivity (Wildman–Crippen MR) is 86.4 cm³/mol. The number of carbonyl (C=O) groups is 2. The highest BCUT2D eigenvalue weighted by Gasteiger charge is 2.20. The van der Waals surface area contributed by atoms with E-state index in [1.165, 1.54) is 6.92 Å². The quantitative estimate of drug-likeness (QED) is 0.639. The second-order valence-corrected chi connectivity index (χ2v) is 5.49. The van der Waals surface area contributed by atoms with Gasteiger partial charge in [-0.25, -0.2) is 0 Å². The molecule has 1 heterocycles. The Labute approximate surface area is 139 Å². The number of nitrogens with zero attached hydrogens (tertiary/aromatic N) is 2. The van der Waals surface area contributed by atoms with E-state index in [1.807, 2.05) is 24.3 Å². The van der Waals surface area contributed by atoms with Crippen LogP contribution in [-0.2, 0) is 29.0 Å². The molecule has 0 fully saturated rings. The van der Waals surface area contributed by atoms with Gasteiger partial charge in [-0.15, -0.1) is 10.2 Å². The summed E-state index contributed by atoms with van der Waals surface area (Å²) in [5, 5.41) is 10.5. The minimum Gasteiger partial charge on any atom is -0.422 e. The summed E-state index contributed by atoms with van der Waals surface area (Å²) in [6, 6.07) is 7.52. The fourth-order valence-corrected chi connectivity index (χ4v) is 2.28. The van der Waals surface area contributed by atoms with Gasteiger partial charge < -0.3 is 21.2 Å². The first-order chi connectivity index (χ1) is 11.5. The molecule has 0 aliphatic heterocycles. The number of hydrogen-bond acceptors (Lipinski definition) is 6. The average molecular weight is 331 g/mol. The van der Waals surface area contributed by atoms with Crippen LogP contribution < -0.4 is 16.8 Å². The molecule has 0 aliphatic carbocycles. The van der Waals surface area contributed by atoms with E-state index >= 15 is 0 Å². The number of hydrogen-bond donors (Lipinski definition) is 3. The molecule has 0 saturated heterocycles. The first kappa shape index (κ1) is 17.6. The van der Waals surface area contributed by atoms with Crippen LogP contribution in [0.15, 0.2) is 28.7 Å². The monoisotopic (exact) mass is 331 g/mol. The number of aromatic nitrogens is 2. The Hall–Kier alpha value is -2.74. The van der Waals surface area contributed by atoms with Crippen molar-refractivity contribution in [1.82, 2.24) is 15.5 Å². The number of carbonyl (C=O) groups excluding carboxylic acids is 2. The number of nitrogens with two attached hydrogens (primary N) is 2. The number of primary amides is 1. The van der Waals surface area contributed by atoms with Crippen molar-refractivity contribution in [3.05, 3.63) is 47.2 Å². The molecule has 1 aromatic carbocycles. The lowest BCUT2D eigenvalue weighted by molar-refractivity contribution is -0.120. The van der Waals surface area contributed by atoms with Crippen molar-refractivity contribution >= 4 is 11.8 Å². The van der Waals surface area contributed by atoms with Crippen LogP contribution in [0.1, 0.15) is 42.3 Å². The molecule has 24 heavy (non-hydrogen) atoms. The average Bonchev–Trinajstić information content (AvgIpc) is 2.99. The van der Waals surface area contributed by atoms with Gasteiger partial charge in [-0.3, -0.25) is 9.59 Å². The molecule has 8 heteroatoms. The Morgan fingerprint density at radius 3 is 2.46 bits per heavy atom. The molecule has 0 radical (unpaired) electrons. The number of amides is 2. The van der Waals surface area contributed by atoms with Crippen LogP contribution in [0.25, 0.3) is 0 Å². The standard InChI is InChI=1S/C16H21N5O3/c1-10(22)19-13(16-21-20-15(24-16)8-14(18)23)7-6-11-2-4-12(9-17)5-3-11/h2-5,13H,6-9,17H2,1H3,(H2,18,23)(H,19,22)/t13-/m0/s1. The number of benzene rings is 1. The van der Waals surface area contributed by atoms with Gasteiger partial charge in [-0.05, 0) is 24.0 Å². The normalized spacial score (nSPS) is 11.9. The summed E-state index contributed by atoms with van der Waals surface area (Å²) >= 11 is 0. The number of nitrogens with one attached hydrogen (secondary N) is 1. The minimum absolute atomic E-state index is 0.125. The Kier molecular flexibility index (Phi) is 6.02. The van der Waals surface area contributed by atoms with Crippen LogP contribution in [0.2, 0.25) is 0 Å². The molecule has 8 nitrogen and oxygen atoms in total. The molecule has 2 rings (SSSR count). The fraction of sp³-hybridized carbons (Fsp3) is 0.375. The third-order valence-corrected chi connectivity index (χ3v) is 3.46. The van der Waals surface area contributed by atoms with E-state index in [-0.39, 0.29) is 24.1 Å². The molecule has 0 spiro atoms. The van der Waals surface area contributed by atoms with E-state index in [2.05, 4.69) is 15.5 Å². The van der Waals surface area contributed by atoms with Gasteiger partial charge in [0.05, 0.1) is 0 Å².